The first-order chi connectivity index (χ1) is 9.72. The van der Waals surface area contributed by atoms with E-state index in [-0.39, 0.29) is 11.4 Å². The molecule has 1 aromatic carbocycles. The molecule has 0 bridgehead atoms. The topological polar surface area (TPSA) is 92.4 Å². The summed E-state index contributed by atoms with van der Waals surface area (Å²) in [5.41, 5.74) is 5.85. The number of aliphatic hydroxyl groups is 1. The van der Waals surface area contributed by atoms with Gasteiger partial charge in [-0.05, 0) is 62.3 Å². The minimum atomic E-state index is -3.62. The van der Waals surface area contributed by atoms with Gasteiger partial charge < -0.3 is 10.8 Å². The molecule has 1 aliphatic carbocycles. The molecule has 0 saturated heterocycles. The molecule has 0 atom stereocenters. The third-order valence-corrected chi connectivity index (χ3v) is 5.85. The van der Waals surface area contributed by atoms with Crippen LogP contribution in [-0.2, 0) is 10.0 Å². The Kier molecular flexibility index (Phi) is 4.60. The number of benzene rings is 1. The number of rotatable bonds is 4. The van der Waals surface area contributed by atoms with Crippen molar-refractivity contribution in [3.05, 3.63) is 23.8 Å². The van der Waals surface area contributed by atoms with Gasteiger partial charge in [0, 0.05) is 12.2 Å². The molecule has 118 valence electrons. The number of sulfonamides is 1. The van der Waals surface area contributed by atoms with E-state index in [0.717, 1.165) is 12.8 Å². The smallest absolute Gasteiger partial charge is 0.240 e. The Bertz CT molecular complexity index is 605. The van der Waals surface area contributed by atoms with Crippen molar-refractivity contribution in [3.8, 4) is 0 Å². The van der Waals surface area contributed by atoms with Crippen LogP contribution < -0.4 is 10.5 Å². The van der Waals surface area contributed by atoms with Crippen molar-refractivity contribution < 1.29 is 13.5 Å². The number of hydrogen-bond acceptors (Lipinski definition) is 4. The molecule has 2 rings (SSSR count). The molecule has 1 aromatic rings. The minimum Gasteiger partial charge on any atom is -0.399 e. The van der Waals surface area contributed by atoms with Crippen LogP contribution in [0.2, 0.25) is 0 Å². The lowest BCUT2D eigenvalue weighted by Crippen LogP contribution is -2.45. The van der Waals surface area contributed by atoms with Crippen LogP contribution in [-0.4, -0.2) is 25.7 Å². The summed E-state index contributed by atoms with van der Waals surface area (Å²) in [4.78, 5) is 0.212. The second-order valence-corrected chi connectivity index (χ2v) is 7.99. The lowest BCUT2D eigenvalue weighted by Gasteiger charge is -2.34. The monoisotopic (exact) mass is 312 g/mol. The molecule has 0 aromatic heterocycles. The number of nitrogens with two attached hydrogens (primary N) is 1. The molecule has 0 heterocycles. The summed E-state index contributed by atoms with van der Waals surface area (Å²) in [7, 11) is -3.62. The second-order valence-electron chi connectivity index (χ2n) is 6.26. The predicted molar refractivity (Wildman–Crippen MR) is 83.4 cm³/mol. The lowest BCUT2D eigenvalue weighted by molar-refractivity contribution is -0.00183. The van der Waals surface area contributed by atoms with Gasteiger partial charge in [-0.15, -0.1) is 0 Å². The van der Waals surface area contributed by atoms with E-state index >= 15 is 0 Å². The molecule has 0 unspecified atom stereocenters. The first-order valence-corrected chi connectivity index (χ1v) is 8.78. The van der Waals surface area contributed by atoms with Crippen LogP contribution in [0.5, 0.6) is 0 Å². The molecule has 0 spiro atoms. The van der Waals surface area contributed by atoms with E-state index in [1.54, 1.807) is 19.1 Å². The Morgan fingerprint density at radius 1 is 1.38 bits per heavy atom. The summed E-state index contributed by atoms with van der Waals surface area (Å²) in [5, 5.41) is 10.5. The van der Waals surface area contributed by atoms with Crippen LogP contribution in [0.25, 0.3) is 0 Å². The fraction of sp³-hybridized carbons (Fsp3) is 0.600. The number of hydrogen-bond donors (Lipinski definition) is 3. The summed E-state index contributed by atoms with van der Waals surface area (Å²) in [6.45, 7) is 3.93. The zero-order valence-electron chi connectivity index (χ0n) is 12.6. The van der Waals surface area contributed by atoms with Gasteiger partial charge in [0.15, 0.2) is 0 Å². The van der Waals surface area contributed by atoms with Crippen molar-refractivity contribution in [3.63, 3.8) is 0 Å². The highest BCUT2D eigenvalue weighted by molar-refractivity contribution is 7.89. The summed E-state index contributed by atoms with van der Waals surface area (Å²) < 4.78 is 27.2. The van der Waals surface area contributed by atoms with Crippen molar-refractivity contribution in [1.82, 2.24) is 4.72 Å². The maximum absolute atomic E-state index is 12.4. The van der Waals surface area contributed by atoms with Crippen LogP contribution in [0.15, 0.2) is 23.1 Å². The third kappa shape index (κ3) is 3.96. The van der Waals surface area contributed by atoms with Gasteiger partial charge in [-0.2, -0.15) is 0 Å². The van der Waals surface area contributed by atoms with E-state index < -0.39 is 15.6 Å². The van der Waals surface area contributed by atoms with Crippen molar-refractivity contribution in [2.75, 3.05) is 12.3 Å². The molecule has 5 nitrogen and oxygen atoms in total. The van der Waals surface area contributed by atoms with Gasteiger partial charge in [0.2, 0.25) is 10.0 Å². The largest absolute Gasteiger partial charge is 0.399 e. The number of nitrogens with one attached hydrogen (secondary N) is 1. The Hall–Kier alpha value is -1.11. The van der Waals surface area contributed by atoms with Gasteiger partial charge in [0.05, 0.1) is 10.5 Å². The average molecular weight is 312 g/mol. The SMILES string of the molecule is Cc1cc(N)ccc1S(=O)(=O)NCC1(O)CCC(C)CC1. The average Bonchev–Trinajstić information content (AvgIpc) is 2.40. The summed E-state index contributed by atoms with van der Waals surface area (Å²) in [6, 6.07) is 4.70. The van der Waals surface area contributed by atoms with E-state index in [2.05, 4.69) is 11.6 Å². The van der Waals surface area contributed by atoms with E-state index in [9.17, 15) is 13.5 Å². The van der Waals surface area contributed by atoms with Crippen molar-refractivity contribution in [1.29, 1.82) is 0 Å². The van der Waals surface area contributed by atoms with E-state index in [1.807, 2.05) is 0 Å². The molecule has 0 aliphatic heterocycles. The molecule has 1 fully saturated rings. The van der Waals surface area contributed by atoms with Crippen molar-refractivity contribution in [2.24, 2.45) is 5.92 Å². The first-order valence-electron chi connectivity index (χ1n) is 7.30. The predicted octanol–water partition coefficient (Wildman–Crippen LogP) is 1.80. The van der Waals surface area contributed by atoms with Crippen LogP contribution >= 0.6 is 0 Å². The molecule has 0 amide bonds. The molecular weight excluding hydrogens is 288 g/mol. The van der Waals surface area contributed by atoms with Gasteiger partial charge in [-0.3, -0.25) is 0 Å². The summed E-state index contributed by atoms with van der Waals surface area (Å²) >= 11 is 0. The molecular formula is C15H24N2O3S. The third-order valence-electron chi connectivity index (χ3n) is 4.28. The van der Waals surface area contributed by atoms with Crippen molar-refractivity contribution in [2.45, 2.75) is 50.0 Å². The van der Waals surface area contributed by atoms with Crippen LogP contribution in [0, 0.1) is 12.8 Å². The maximum Gasteiger partial charge on any atom is 0.240 e. The van der Waals surface area contributed by atoms with Crippen LogP contribution in [0.1, 0.15) is 38.2 Å². The van der Waals surface area contributed by atoms with E-state index in [4.69, 9.17) is 5.73 Å². The quantitative estimate of drug-likeness (QED) is 0.739. The van der Waals surface area contributed by atoms with E-state index in [1.165, 1.54) is 6.07 Å². The molecule has 21 heavy (non-hydrogen) atoms. The fourth-order valence-electron chi connectivity index (χ4n) is 2.76. The highest BCUT2D eigenvalue weighted by atomic mass is 32.2. The Morgan fingerprint density at radius 3 is 2.57 bits per heavy atom. The van der Waals surface area contributed by atoms with Gasteiger partial charge in [0.25, 0.3) is 0 Å². The Labute approximate surface area is 126 Å². The molecule has 1 saturated carbocycles. The van der Waals surface area contributed by atoms with E-state index in [0.29, 0.717) is 30.0 Å². The Balaban J connectivity index is 2.08. The van der Waals surface area contributed by atoms with Crippen molar-refractivity contribution >= 4 is 15.7 Å². The lowest BCUT2D eigenvalue weighted by atomic mass is 9.80. The number of anilines is 1. The zero-order chi connectivity index (χ0) is 15.7. The van der Waals surface area contributed by atoms with Gasteiger partial charge in [-0.25, -0.2) is 13.1 Å². The van der Waals surface area contributed by atoms with Gasteiger partial charge in [0.1, 0.15) is 0 Å². The minimum absolute atomic E-state index is 0.0614. The van der Waals surface area contributed by atoms with Crippen LogP contribution in [0.3, 0.4) is 0 Å². The standard InChI is InChI=1S/C15H24N2O3S/c1-11-5-7-15(18,8-6-11)10-17-21(19,20)14-4-3-13(16)9-12(14)2/h3-4,9,11,17-18H,5-8,10,16H2,1-2H3. The van der Waals surface area contributed by atoms with Crippen LogP contribution in [0.4, 0.5) is 5.69 Å². The number of nitrogen functional groups attached to an aromatic ring is 1. The summed E-state index contributed by atoms with van der Waals surface area (Å²) in [6.07, 6.45) is 3.13. The number of aryl methyl sites for hydroxylation is 1. The normalized spacial score (nSPS) is 26.7. The Morgan fingerprint density at radius 2 is 2.00 bits per heavy atom. The molecule has 6 heteroatoms. The van der Waals surface area contributed by atoms with Gasteiger partial charge >= 0.3 is 0 Å². The molecule has 0 radical (unpaired) electrons. The highest BCUT2D eigenvalue weighted by Crippen LogP contribution is 2.31. The zero-order valence-corrected chi connectivity index (χ0v) is 13.4. The van der Waals surface area contributed by atoms with Gasteiger partial charge in [-0.1, -0.05) is 6.92 Å². The second kappa shape index (κ2) is 5.94. The summed E-state index contributed by atoms with van der Waals surface area (Å²) in [5.74, 6) is 0.598. The first kappa shape index (κ1) is 16.3. The molecule has 1 aliphatic rings. The maximum atomic E-state index is 12.4. The fourth-order valence-corrected chi connectivity index (χ4v) is 4.10. The highest BCUT2D eigenvalue weighted by Gasteiger charge is 2.33. The molecule has 4 N–H and O–H groups in total.